The van der Waals surface area contributed by atoms with Gasteiger partial charge in [-0.1, -0.05) is 13.8 Å². The molecule has 0 aromatic carbocycles. The molecule has 1 saturated carbocycles. The molecule has 1 aliphatic carbocycles. The normalized spacial score (nSPS) is 16.7. The largest absolute Gasteiger partial charge is 0.391 e. The van der Waals surface area contributed by atoms with Crippen molar-refractivity contribution in [1.82, 2.24) is 9.97 Å². The van der Waals surface area contributed by atoms with Crippen molar-refractivity contribution in [3.8, 4) is 0 Å². The molecule has 3 N–H and O–H groups in total. The minimum Gasteiger partial charge on any atom is -0.391 e. The van der Waals surface area contributed by atoms with Crippen molar-refractivity contribution in [2.24, 2.45) is 5.92 Å². The SMILES string of the molecule is CNc1cc(NCC(O)C2CC2)nc(C(C)C)n1. The van der Waals surface area contributed by atoms with Gasteiger partial charge in [0.05, 0.1) is 6.10 Å². The molecule has 0 spiro atoms. The molecule has 1 heterocycles. The fraction of sp³-hybridized carbons (Fsp3) is 0.692. The highest BCUT2D eigenvalue weighted by atomic mass is 16.3. The molecule has 0 amide bonds. The van der Waals surface area contributed by atoms with Crippen LogP contribution in [-0.2, 0) is 0 Å². The summed E-state index contributed by atoms with van der Waals surface area (Å²) in [6, 6.07) is 1.87. The number of rotatable bonds is 6. The first-order chi connectivity index (χ1) is 8.60. The van der Waals surface area contributed by atoms with Crippen molar-refractivity contribution in [1.29, 1.82) is 0 Å². The zero-order chi connectivity index (χ0) is 13.1. The van der Waals surface area contributed by atoms with Crippen LogP contribution in [-0.4, -0.2) is 34.8 Å². The second kappa shape index (κ2) is 5.52. The molecule has 0 bridgehead atoms. The van der Waals surface area contributed by atoms with Crippen LogP contribution in [0.2, 0.25) is 0 Å². The number of aliphatic hydroxyl groups excluding tert-OH is 1. The zero-order valence-electron chi connectivity index (χ0n) is 11.3. The van der Waals surface area contributed by atoms with Crippen LogP contribution in [0.15, 0.2) is 6.07 Å². The molecule has 1 aromatic heterocycles. The number of nitrogens with zero attached hydrogens (tertiary/aromatic N) is 2. The molecule has 1 aliphatic rings. The standard InChI is InChI=1S/C13H22N4O/c1-8(2)13-16-11(14-3)6-12(17-13)15-7-10(18)9-4-5-9/h6,8-10,18H,4-5,7H2,1-3H3,(H2,14,15,16,17). The van der Waals surface area contributed by atoms with Crippen LogP contribution in [0.4, 0.5) is 11.6 Å². The monoisotopic (exact) mass is 250 g/mol. The van der Waals surface area contributed by atoms with E-state index in [1.54, 1.807) is 0 Å². The summed E-state index contributed by atoms with van der Waals surface area (Å²) in [6.45, 7) is 4.69. The summed E-state index contributed by atoms with van der Waals surface area (Å²) in [5.74, 6) is 3.15. The van der Waals surface area contributed by atoms with Crippen molar-refractivity contribution in [3.63, 3.8) is 0 Å². The lowest BCUT2D eigenvalue weighted by atomic mass is 10.2. The third-order valence-corrected chi connectivity index (χ3v) is 3.17. The first-order valence-corrected chi connectivity index (χ1v) is 6.58. The van der Waals surface area contributed by atoms with Gasteiger partial charge in [-0.25, -0.2) is 9.97 Å². The van der Waals surface area contributed by atoms with Crippen LogP contribution < -0.4 is 10.6 Å². The molecule has 0 radical (unpaired) electrons. The summed E-state index contributed by atoms with van der Waals surface area (Å²) in [5.41, 5.74) is 0. The summed E-state index contributed by atoms with van der Waals surface area (Å²) in [7, 11) is 1.84. The first-order valence-electron chi connectivity index (χ1n) is 6.58. The average molecular weight is 250 g/mol. The Morgan fingerprint density at radius 2 is 2.00 bits per heavy atom. The molecule has 100 valence electrons. The lowest BCUT2D eigenvalue weighted by molar-refractivity contribution is 0.164. The van der Waals surface area contributed by atoms with Crippen LogP contribution in [0.3, 0.4) is 0 Å². The van der Waals surface area contributed by atoms with E-state index >= 15 is 0 Å². The molecule has 2 rings (SSSR count). The molecular formula is C13H22N4O. The third-order valence-electron chi connectivity index (χ3n) is 3.17. The van der Waals surface area contributed by atoms with Gasteiger partial charge < -0.3 is 15.7 Å². The Bertz CT molecular complexity index is 404. The number of hydrogen-bond acceptors (Lipinski definition) is 5. The Hall–Kier alpha value is -1.36. The van der Waals surface area contributed by atoms with Crippen LogP contribution in [0.25, 0.3) is 0 Å². The minimum atomic E-state index is -0.263. The number of hydrogen-bond donors (Lipinski definition) is 3. The highest BCUT2D eigenvalue weighted by Gasteiger charge is 2.29. The smallest absolute Gasteiger partial charge is 0.135 e. The zero-order valence-corrected chi connectivity index (χ0v) is 11.3. The first kappa shape index (κ1) is 13.1. The van der Waals surface area contributed by atoms with E-state index in [4.69, 9.17) is 0 Å². The van der Waals surface area contributed by atoms with Gasteiger partial charge >= 0.3 is 0 Å². The predicted octanol–water partition coefficient (Wildman–Crippen LogP) is 1.82. The fourth-order valence-corrected chi connectivity index (χ4v) is 1.80. The van der Waals surface area contributed by atoms with E-state index in [1.807, 2.05) is 13.1 Å². The van der Waals surface area contributed by atoms with Gasteiger partial charge in [-0.15, -0.1) is 0 Å². The van der Waals surface area contributed by atoms with E-state index in [0.717, 1.165) is 30.3 Å². The van der Waals surface area contributed by atoms with Crippen molar-refractivity contribution in [2.75, 3.05) is 24.2 Å². The van der Waals surface area contributed by atoms with Crippen molar-refractivity contribution >= 4 is 11.6 Å². The summed E-state index contributed by atoms with van der Waals surface area (Å²) in [6.07, 6.45) is 2.03. The molecule has 5 heteroatoms. The molecule has 0 aliphatic heterocycles. The van der Waals surface area contributed by atoms with Crippen LogP contribution in [0, 0.1) is 5.92 Å². The second-order valence-corrected chi connectivity index (χ2v) is 5.19. The predicted molar refractivity (Wildman–Crippen MR) is 72.9 cm³/mol. The van der Waals surface area contributed by atoms with Gasteiger partial charge in [-0.05, 0) is 18.8 Å². The molecule has 1 unspecified atom stereocenters. The summed E-state index contributed by atoms with van der Waals surface area (Å²) >= 11 is 0. The maximum atomic E-state index is 9.83. The van der Waals surface area contributed by atoms with Gasteiger partial charge in [-0.3, -0.25) is 0 Å². The third kappa shape index (κ3) is 3.32. The Balaban J connectivity index is 2.03. The number of anilines is 2. The summed E-state index contributed by atoms with van der Waals surface area (Å²) < 4.78 is 0. The second-order valence-electron chi connectivity index (χ2n) is 5.19. The molecule has 1 fully saturated rings. The minimum absolute atomic E-state index is 0.263. The average Bonchev–Trinajstić information content (AvgIpc) is 3.19. The van der Waals surface area contributed by atoms with Crippen molar-refractivity contribution in [2.45, 2.75) is 38.7 Å². The van der Waals surface area contributed by atoms with Crippen LogP contribution >= 0.6 is 0 Å². The number of aromatic nitrogens is 2. The van der Waals surface area contributed by atoms with Gasteiger partial charge in [0.15, 0.2) is 0 Å². The number of nitrogens with one attached hydrogen (secondary N) is 2. The van der Waals surface area contributed by atoms with E-state index in [0.29, 0.717) is 12.5 Å². The molecule has 0 saturated heterocycles. The quantitative estimate of drug-likeness (QED) is 0.718. The van der Waals surface area contributed by atoms with Crippen LogP contribution in [0.1, 0.15) is 38.4 Å². The van der Waals surface area contributed by atoms with E-state index in [9.17, 15) is 5.11 Å². The maximum Gasteiger partial charge on any atom is 0.135 e. The van der Waals surface area contributed by atoms with Gasteiger partial charge in [0, 0.05) is 25.6 Å². The lowest BCUT2D eigenvalue weighted by Crippen LogP contribution is -2.22. The molecule has 1 atom stereocenters. The van der Waals surface area contributed by atoms with Gasteiger partial charge in [-0.2, -0.15) is 0 Å². The molecule has 5 nitrogen and oxygen atoms in total. The van der Waals surface area contributed by atoms with Crippen molar-refractivity contribution in [3.05, 3.63) is 11.9 Å². The molecule has 18 heavy (non-hydrogen) atoms. The lowest BCUT2D eigenvalue weighted by Gasteiger charge is -2.14. The summed E-state index contributed by atoms with van der Waals surface area (Å²) in [4.78, 5) is 8.86. The Morgan fingerprint density at radius 3 is 2.56 bits per heavy atom. The maximum absolute atomic E-state index is 9.83. The van der Waals surface area contributed by atoms with E-state index in [1.165, 1.54) is 0 Å². The fourth-order valence-electron chi connectivity index (χ4n) is 1.80. The molecular weight excluding hydrogens is 228 g/mol. The van der Waals surface area contributed by atoms with Gasteiger partial charge in [0.1, 0.15) is 17.5 Å². The topological polar surface area (TPSA) is 70.1 Å². The van der Waals surface area contributed by atoms with Gasteiger partial charge in [0.2, 0.25) is 0 Å². The van der Waals surface area contributed by atoms with E-state index in [2.05, 4.69) is 34.4 Å². The Kier molecular flexibility index (Phi) is 4.01. The summed E-state index contributed by atoms with van der Waals surface area (Å²) in [5, 5.41) is 16.1. The van der Waals surface area contributed by atoms with E-state index < -0.39 is 0 Å². The molecule has 1 aromatic rings. The van der Waals surface area contributed by atoms with Crippen LogP contribution in [0.5, 0.6) is 0 Å². The van der Waals surface area contributed by atoms with Gasteiger partial charge in [0.25, 0.3) is 0 Å². The number of aliphatic hydroxyl groups is 1. The highest BCUT2D eigenvalue weighted by Crippen LogP contribution is 2.32. The van der Waals surface area contributed by atoms with E-state index in [-0.39, 0.29) is 12.0 Å². The highest BCUT2D eigenvalue weighted by molar-refractivity contribution is 5.47. The van der Waals surface area contributed by atoms with Crippen molar-refractivity contribution < 1.29 is 5.11 Å². The Morgan fingerprint density at radius 1 is 1.33 bits per heavy atom. The Labute approximate surface area is 108 Å².